The van der Waals surface area contributed by atoms with E-state index in [1.165, 1.54) is 4.31 Å². The van der Waals surface area contributed by atoms with Crippen molar-refractivity contribution in [2.24, 2.45) is 0 Å². The molecule has 1 unspecified atom stereocenters. The molecule has 0 radical (unpaired) electrons. The van der Waals surface area contributed by atoms with E-state index in [-0.39, 0.29) is 0 Å². The quantitative estimate of drug-likeness (QED) is 0.821. The van der Waals surface area contributed by atoms with Gasteiger partial charge in [-0.1, -0.05) is 6.92 Å². The van der Waals surface area contributed by atoms with Crippen LogP contribution in [-0.4, -0.2) is 47.2 Å². The Morgan fingerprint density at radius 1 is 1.50 bits per heavy atom. The monoisotopic (exact) mass is 272 g/mol. The van der Waals surface area contributed by atoms with Crippen molar-refractivity contribution < 1.29 is 8.42 Å². The molecule has 1 aliphatic heterocycles. The van der Waals surface area contributed by atoms with E-state index in [9.17, 15) is 8.42 Å². The third-order valence-electron chi connectivity index (χ3n) is 3.26. The van der Waals surface area contributed by atoms with E-state index in [0.29, 0.717) is 26.2 Å². The molecule has 1 N–H and O–H groups in total. The molecule has 102 valence electrons. The summed E-state index contributed by atoms with van der Waals surface area (Å²) in [6.45, 7) is 6.58. The molecule has 6 nitrogen and oxygen atoms in total. The maximum Gasteiger partial charge on any atom is 0.218 e. The van der Waals surface area contributed by atoms with Gasteiger partial charge in [0.2, 0.25) is 10.0 Å². The van der Waals surface area contributed by atoms with Gasteiger partial charge in [0.15, 0.2) is 0 Å². The molecular weight excluding hydrogens is 252 g/mol. The van der Waals surface area contributed by atoms with E-state index in [0.717, 1.165) is 12.4 Å². The molecule has 0 aliphatic carbocycles. The standard InChI is InChI=1S/C11H20N4O2S/c1-3-12-8-10(2)18(16,17)15-7-6-14-5-4-13-11(14)9-15/h4-5,10,12H,3,6-9H2,1-2H3. The minimum absolute atomic E-state index is 0.381. The Balaban J connectivity index is 2.08. The van der Waals surface area contributed by atoms with Crippen LogP contribution in [0.25, 0.3) is 0 Å². The second-order valence-corrected chi connectivity index (χ2v) is 6.88. The number of nitrogens with one attached hydrogen (secondary N) is 1. The highest BCUT2D eigenvalue weighted by Crippen LogP contribution is 2.17. The number of nitrogens with zero attached hydrogens (tertiary/aromatic N) is 3. The molecule has 18 heavy (non-hydrogen) atoms. The summed E-state index contributed by atoms with van der Waals surface area (Å²) in [6, 6.07) is 0. The van der Waals surface area contributed by atoms with Crippen LogP contribution in [0.3, 0.4) is 0 Å². The summed E-state index contributed by atoms with van der Waals surface area (Å²) in [5.41, 5.74) is 0. The van der Waals surface area contributed by atoms with E-state index >= 15 is 0 Å². The molecule has 7 heteroatoms. The van der Waals surface area contributed by atoms with E-state index in [2.05, 4.69) is 10.3 Å². The largest absolute Gasteiger partial charge is 0.333 e. The molecule has 0 bridgehead atoms. The predicted octanol–water partition coefficient (Wildman–Crippen LogP) is 0.0265. The Kier molecular flexibility index (Phi) is 4.04. The highest BCUT2D eigenvalue weighted by molar-refractivity contribution is 7.89. The Labute approximate surface area is 108 Å². The fourth-order valence-corrected chi connectivity index (χ4v) is 3.54. The Bertz CT molecular complexity index is 497. The van der Waals surface area contributed by atoms with Crippen LogP contribution in [0, 0.1) is 0 Å². The molecule has 0 amide bonds. The molecule has 1 aromatic heterocycles. The Morgan fingerprint density at radius 3 is 3.00 bits per heavy atom. The van der Waals surface area contributed by atoms with Crippen LogP contribution in [0.5, 0.6) is 0 Å². The molecule has 0 saturated heterocycles. The van der Waals surface area contributed by atoms with Gasteiger partial charge in [0.1, 0.15) is 5.82 Å². The number of hydrogen-bond donors (Lipinski definition) is 1. The zero-order chi connectivity index (χ0) is 13.2. The lowest BCUT2D eigenvalue weighted by Gasteiger charge is -2.29. The SMILES string of the molecule is CCNCC(C)S(=O)(=O)N1CCn2ccnc2C1. The zero-order valence-electron chi connectivity index (χ0n) is 10.8. The summed E-state index contributed by atoms with van der Waals surface area (Å²) >= 11 is 0. The van der Waals surface area contributed by atoms with Crippen LogP contribution in [0.15, 0.2) is 12.4 Å². The van der Waals surface area contributed by atoms with Gasteiger partial charge in [-0.15, -0.1) is 0 Å². The normalized spacial score (nSPS) is 18.6. The van der Waals surface area contributed by atoms with Crippen molar-refractivity contribution in [2.75, 3.05) is 19.6 Å². The number of fused-ring (bicyclic) bond motifs is 1. The molecular formula is C11H20N4O2S. The van der Waals surface area contributed by atoms with Gasteiger partial charge in [0, 0.05) is 32.0 Å². The third-order valence-corrected chi connectivity index (χ3v) is 5.48. The van der Waals surface area contributed by atoms with E-state index in [4.69, 9.17) is 0 Å². The lowest BCUT2D eigenvalue weighted by Crippen LogP contribution is -2.45. The molecule has 0 fully saturated rings. The van der Waals surface area contributed by atoms with Crippen molar-refractivity contribution >= 4 is 10.0 Å². The van der Waals surface area contributed by atoms with Gasteiger partial charge in [-0.25, -0.2) is 13.4 Å². The molecule has 2 heterocycles. The predicted molar refractivity (Wildman–Crippen MR) is 69.6 cm³/mol. The first-order chi connectivity index (χ1) is 8.55. The first-order valence-electron chi connectivity index (χ1n) is 6.25. The molecule has 2 rings (SSSR count). The van der Waals surface area contributed by atoms with Crippen LogP contribution in [-0.2, 0) is 23.1 Å². The van der Waals surface area contributed by atoms with Gasteiger partial charge in [-0.05, 0) is 13.5 Å². The van der Waals surface area contributed by atoms with Gasteiger partial charge in [-0.3, -0.25) is 0 Å². The zero-order valence-corrected chi connectivity index (χ0v) is 11.7. The number of imidazole rings is 1. The van der Waals surface area contributed by atoms with Crippen molar-refractivity contribution in [3.8, 4) is 0 Å². The smallest absolute Gasteiger partial charge is 0.218 e. The Morgan fingerprint density at radius 2 is 2.28 bits per heavy atom. The van der Waals surface area contributed by atoms with Crippen LogP contribution in [0.1, 0.15) is 19.7 Å². The molecule has 1 atom stereocenters. The fraction of sp³-hybridized carbons (Fsp3) is 0.727. The van der Waals surface area contributed by atoms with Crippen LogP contribution in [0.2, 0.25) is 0 Å². The second-order valence-electron chi connectivity index (χ2n) is 4.53. The summed E-state index contributed by atoms with van der Waals surface area (Å²) < 4.78 is 28.3. The van der Waals surface area contributed by atoms with Crippen molar-refractivity contribution in [3.63, 3.8) is 0 Å². The van der Waals surface area contributed by atoms with Gasteiger partial charge in [0.05, 0.1) is 11.8 Å². The number of sulfonamides is 1. The first-order valence-corrected chi connectivity index (χ1v) is 7.75. The van der Waals surface area contributed by atoms with Crippen molar-refractivity contribution in [1.29, 1.82) is 0 Å². The van der Waals surface area contributed by atoms with E-state index in [1.807, 2.05) is 17.7 Å². The summed E-state index contributed by atoms with van der Waals surface area (Å²) in [4.78, 5) is 4.18. The Hall–Kier alpha value is -0.920. The average Bonchev–Trinajstić information content (AvgIpc) is 2.82. The van der Waals surface area contributed by atoms with Crippen molar-refractivity contribution in [2.45, 2.75) is 32.2 Å². The van der Waals surface area contributed by atoms with E-state index < -0.39 is 15.3 Å². The summed E-state index contributed by atoms with van der Waals surface area (Å²) in [5, 5.41) is 2.68. The summed E-state index contributed by atoms with van der Waals surface area (Å²) in [7, 11) is -3.24. The maximum absolute atomic E-state index is 12.4. The third kappa shape index (κ3) is 2.57. The van der Waals surface area contributed by atoms with Crippen LogP contribution >= 0.6 is 0 Å². The van der Waals surface area contributed by atoms with Crippen molar-refractivity contribution in [3.05, 3.63) is 18.2 Å². The van der Waals surface area contributed by atoms with Gasteiger partial charge >= 0.3 is 0 Å². The lowest BCUT2D eigenvalue weighted by molar-refractivity contribution is 0.331. The number of hydrogen-bond acceptors (Lipinski definition) is 4. The van der Waals surface area contributed by atoms with E-state index in [1.54, 1.807) is 13.1 Å². The molecule has 0 saturated carbocycles. The highest BCUT2D eigenvalue weighted by Gasteiger charge is 2.31. The topological polar surface area (TPSA) is 67.2 Å². The maximum atomic E-state index is 12.4. The summed E-state index contributed by atoms with van der Waals surface area (Å²) in [5.74, 6) is 0.820. The van der Waals surface area contributed by atoms with Gasteiger partial charge in [-0.2, -0.15) is 4.31 Å². The molecule has 0 aromatic carbocycles. The molecule has 1 aliphatic rings. The lowest BCUT2D eigenvalue weighted by atomic mass is 10.4. The van der Waals surface area contributed by atoms with Gasteiger partial charge < -0.3 is 9.88 Å². The second kappa shape index (κ2) is 5.38. The average molecular weight is 272 g/mol. The number of aromatic nitrogens is 2. The summed E-state index contributed by atoms with van der Waals surface area (Å²) in [6.07, 6.45) is 3.61. The first kappa shape index (κ1) is 13.5. The fourth-order valence-electron chi connectivity index (χ4n) is 2.08. The molecule has 1 aromatic rings. The van der Waals surface area contributed by atoms with Crippen LogP contribution < -0.4 is 5.32 Å². The molecule has 0 spiro atoms. The minimum atomic E-state index is -3.24. The number of rotatable bonds is 5. The minimum Gasteiger partial charge on any atom is -0.333 e. The van der Waals surface area contributed by atoms with Crippen molar-refractivity contribution in [1.82, 2.24) is 19.2 Å². The van der Waals surface area contributed by atoms with Gasteiger partial charge in [0.25, 0.3) is 0 Å². The highest BCUT2D eigenvalue weighted by atomic mass is 32.2. The van der Waals surface area contributed by atoms with Crippen LogP contribution in [0.4, 0.5) is 0 Å².